The number of amides is 1. The molecule has 5 nitrogen and oxygen atoms in total. The Labute approximate surface area is 135 Å². The topological polar surface area (TPSA) is 45.7 Å². The van der Waals surface area contributed by atoms with Crippen molar-refractivity contribution in [2.45, 2.75) is 44.8 Å². The Morgan fingerprint density at radius 1 is 1.41 bits per heavy atom. The average Bonchev–Trinajstić information content (AvgIpc) is 3.23. The Hall–Kier alpha value is -0.980. The molecule has 1 aromatic heterocycles. The van der Waals surface area contributed by atoms with Gasteiger partial charge in [0.15, 0.2) is 0 Å². The molecule has 4 rings (SSSR count). The predicted octanol–water partition coefficient (Wildman–Crippen LogP) is 1.66. The molecule has 3 aliphatic rings. The maximum atomic E-state index is 12.4. The van der Waals surface area contributed by atoms with E-state index in [1.807, 2.05) is 6.92 Å². The molecule has 0 aliphatic carbocycles. The van der Waals surface area contributed by atoms with Gasteiger partial charge >= 0.3 is 0 Å². The number of hydrogen-bond acceptors (Lipinski definition) is 5. The molecule has 3 saturated heterocycles. The molecule has 22 heavy (non-hydrogen) atoms. The third kappa shape index (κ3) is 2.68. The molecule has 0 N–H and O–H groups in total. The van der Waals surface area contributed by atoms with Crippen LogP contribution in [-0.2, 0) is 16.1 Å². The quantitative estimate of drug-likeness (QED) is 0.846. The number of hydrogen-bond donors (Lipinski definition) is 0. The molecule has 1 unspecified atom stereocenters. The molecule has 3 aliphatic heterocycles. The van der Waals surface area contributed by atoms with Gasteiger partial charge in [-0.3, -0.25) is 9.69 Å². The van der Waals surface area contributed by atoms with Crippen LogP contribution in [-0.4, -0.2) is 59.1 Å². The summed E-state index contributed by atoms with van der Waals surface area (Å²) >= 11 is 1.66. The molecule has 120 valence electrons. The van der Waals surface area contributed by atoms with Gasteiger partial charge in [-0.1, -0.05) is 0 Å². The van der Waals surface area contributed by atoms with Crippen LogP contribution in [0.5, 0.6) is 0 Å². The number of fused-ring (bicyclic) bond motifs is 1. The zero-order valence-corrected chi connectivity index (χ0v) is 13.8. The van der Waals surface area contributed by atoms with E-state index in [1.54, 1.807) is 11.3 Å². The van der Waals surface area contributed by atoms with E-state index in [-0.39, 0.29) is 0 Å². The summed E-state index contributed by atoms with van der Waals surface area (Å²) in [5, 5.41) is 3.16. The number of likely N-dealkylation sites (tertiary alicyclic amines) is 2. The molecule has 4 heterocycles. The molecule has 0 saturated carbocycles. The van der Waals surface area contributed by atoms with Crippen molar-refractivity contribution in [3.63, 3.8) is 0 Å². The molecule has 1 aromatic rings. The van der Waals surface area contributed by atoms with Crippen molar-refractivity contribution in [3.8, 4) is 0 Å². The molecule has 3 atom stereocenters. The van der Waals surface area contributed by atoms with Crippen LogP contribution in [0.25, 0.3) is 0 Å². The lowest BCUT2D eigenvalue weighted by Crippen LogP contribution is -2.38. The second-order valence-corrected chi connectivity index (χ2v) is 7.79. The van der Waals surface area contributed by atoms with Crippen LogP contribution in [0.4, 0.5) is 0 Å². The fourth-order valence-corrected chi connectivity index (χ4v) is 4.76. The van der Waals surface area contributed by atoms with E-state index in [0.717, 1.165) is 43.4 Å². The molecule has 0 spiro atoms. The number of carbonyl (C=O) groups excluding carboxylic acids is 1. The Balaban J connectivity index is 1.42. The summed E-state index contributed by atoms with van der Waals surface area (Å²) in [6.45, 7) is 6.71. The smallest absolute Gasteiger partial charge is 0.224 e. The van der Waals surface area contributed by atoms with Crippen LogP contribution < -0.4 is 0 Å². The van der Waals surface area contributed by atoms with Gasteiger partial charge in [0.2, 0.25) is 5.91 Å². The first-order valence-corrected chi connectivity index (χ1v) is 9.11. The number of aromatic nitrogens is 1. The standard InChI is InChI=1S/C16H23N3O2S/c1-11-17-13(10-22-11)8-19-14-2-4-18(15(14)6-16(19)20)7-12-3-5-21-9-12/h10,12,14-15H,2-9H2,1H3/t12?,14-,15+/m1/s1. The summed E-state index contributed by atoms with van der Waals surface area (Å²) in [6.07, 6.45) is 2.96. The van der Waals surface area contributed by atoms with Crippen LogP contribution in [0.1, 0.15) is 30.0 Å². The molecule has 0 aromatic carbocycles. The van der Waals surface area contributed by atoms with Gasteiger partial charge in [0.05, 0.1) is 23.9 Å². The SMILES string of the molecule is Cc1nc(CN2C(=O)C[C@H]3[C@H]2CCN3CC2CCOC2)cs1. The highest BCUT2D eigenvalue weighted by Gasteiger charge is 2.47. The Morgan fingerprint density at radius 2 is 2.32 bits per heavy atom. The fourth-order valence-electron chi connectivity index (χ4n) is 4.16. The van der Waals surface area contributed by atoms with Gasteiger partial charge in [0.1, 0.15) is 0 Å². The van der Waals surface area contributed by atoms with Gasteiger partial charge < -0.3 is 9.64 Å². The number of carbonyl (C=O) groups is 1. The molecule has 0 bridgehead atoms. The van der Waals surface area contributed by atoms with E-state index in [4.69, 9.17) is 4.74 Å². The average molecular weight is 321 g/mol. The van der Waals surface area contributed by atoms with E-state index in [1.165, 1.54) is 6.42 Å². The van der Waals surface area contributed by atoms with Gasteiger partial charge in [-0.25, -0.2) is 4.98 Å². The summed E-state index contributed by atoms with van der Waals surface area (Å²) in [5.74, 6) is 0.956. The molecule has 3 fully saturated rings. The van der Waals surface area contributed by atoms with Gasteiger partial charge in [-0.2, -0.15) is 0 Å². The lowest BCUT2D eigenvalue weighted by Gasteiger charge is -2.26. The molecular formula is C16H23N3O2S. The first-order chi connectivity index (χ1) is 10.7. The molecular weight excluding hydrogens is 298 g/mol. The van der Waals surface area contributed by atoms with E-state index in [9.17, 15) is 4.79 Å². The zero-order chi connectivity index (χ0) is 15.1. The van der Waals surface area contributed by atoms with Crippen molar-refractivity contribution in [2.75, 3.05) is 26.3 Å². The maximum absolute atomic E-state index is 12.4. The highest BCUT2D eigenvalue weighted by molar-refractivity contribution is 7.09. The Kier molecular flexibility index (Phi) is 3.92. The highest BCUT2D eigenvalue weighted by Crippen LogP contribution is 2.34. The summed E-state index contributed by atoms with van der Waals surface area (Å²) in [4.78, 5) is 21.6. The number of nitrogens with zero attached hydrogens (tertiary/aromatic N) is 3. The number of aryl methyl sites for hydroxylation is 1. The maximum Gasteiger partial charge on any atom is 0.224 e. The highest BCUT2D eigenvalue weighted by atomic mass is 32.1. The van der Waals surface area contributed by atoms with E-state index in [0.29, 0.717) is 36.9 Å². The Morgan fingerprint density at radius 3 is 3.05 bits per heavy atom. The van der Waals surface area contributed by atoms with Gasteiger partial charge in [0, 0.05) is 43.6 Å². The van der Waals surface area contributed by atoms with Gasteiger partial charge in [-0.05, 0) is 25.7 Å². The van der Waals surface area contributed by atoms with Crippen molar-refractivity contribution in [3.05, 3.63) is 16.1 Å². The largest absolute Gasteiger partial charge is 0.381 e. The zero-order valence-electron chi connectivity index (χ0n) is 13.0. The number of thiazole rings is 1. The second-order valence-electron chi connectivity index (χ2n) is 6.73. The third-order valence-corrected chi connectivity index (χ3v) is 6.07. The summed E-state index contributed by atoms with van der Waals surface area (Å²) in [6, 6.07) is 0.796. The lowest BCUT2D eigenvalue weighted by atomic mass is 10.1. The second kappa shape index (κ2) is 5.91. The first kappa shape index (κ1) is 14.6. The van der Waals surface area contributed by atoms with E-state index < -0.39 is 0 Å². The molecule has 0 radical (unpaired) electrons. The van der Waals surface area contributed by atoms with Gasteiger partial charge in [-0.15, -0.1) is 11.3 Å². The van der Waals surface area contributed by atoms with Crippen molar-refractivity contribution in [1.82, 2.24) is 14.8 Å². The van der Waals surface area contributed by atoms with E-state index >= 15 is 0 Å². The van der Waals surface area contributed by atoms with Crippen LogP contribution in [0, 0.1) is 12.8 Å². The normalized spacial score (nSPS) is 32.1. The minimum absolute atomic E-state index is 0.299. The third-order valence-electron chi connectivity index (χ3n) is 5.25. The molecule has 1 amide bonds. The Bertz CT molecular complexity index is 555. The van der Waals surface area contributed by atoms with Crippen molar-refractivity contribution >= 4 is 17.2 Å². The van der Waals surface area contributed by atoms with Gasteiger partial charge in [0.25, 0.3) is 0 Å². The number of rotatable bonds is 4. The minimum atomic E-state index is 0.299. The van der Waals surface area contributed by atoms with Crippen molar-refractivity contribution < 1.29 is 9.53 Å². The van der Waals surface area contributed by atoms with E-state index in [2.05, 4.69) is 20.2 Å². The van der Waals surface area contributed by atoms with Crippen molar-refractivity contribution in [2.24, 2.45) is 5.92 Å². The van der Waals surface area contributed by atoms with Crippen LogP contribution in [0.2, 0.25) is 0 Å². The van der Waals surface area contributed by atoms with Crippen LogP contribution >= 0.6 is 11.3 Å². The summed E-state index contributed by atoms with van der Waals surface area (Å²) in [5.41, 5.74) is 1.04. The predicted molar refractivity (Wildman–Crippen MR) is 84.7 cm³/mol. The van der Waals surface area contributed by atoms with Crippen molar-refractivity contribution in [1.29, 1.82) is 0 Å². The summed E-state index contributed by atoms with van der Waals surface area (Å²) < 4.78 is 5.49. The lowest BCUT2D eigenvalue weighted by molar-refractivity contribution is -0.129. The fraction of sp³-hybridized carbons (Fsp3) is 0.750. The minimum Gasteiger partial charge on any atom is -0.381 e. The summed E-state index contributed by atoms with van der Waals surface area (Å²) in [7, 11) is 0. The first-order valence-electron chi connectivity index (χ1n) is 8.23. The number of ether oxygens (including phenoxy) is 1. The van der Waals surface area contributed by atoms with Crippen LogP contribution in [0.3, 0.4) is 0 Å². The molecule has 6 heteroatoms. The monoisotopic (exact) mass is 321 g/mol. The van der Waals surface area contributed by atoms with Crippen LogP contribution in [0.15, 0.2) is 5.38 Å².